The van der Waals surface area contributed by atoms with Gasteiger partial charge in [0.05, 0.1) is 30.3 Å². The summed E-state index contributed by atoms with van der Waals surface area (Å²) in [4.78, 5) is 13.0. The number of aliphatic hydroxyl groups excluding tert-OH is 1. The van der Waals surface area contributed by atoms with Crippen molar-refractivity contribution in [2.75, 3.05) is 13.2 Å². The summed E-state index contributed by atoms with van der Waals surface area (Å²) >= 11 is 6.06. The van der Waals surface area contributed by atoms with Crippen molar-refractivity contribution in [1.29, 1.82) is 0 Å². The summed E-state index contributed by atoms with van der Waals surface area (Å²) in [6.45, 7) is 13.9. The molecule has 1 aliphatic carbocycles. The molecule has 0 unspecified atom stereocenters. The van der Waals surface area contributed by atoms with Gasteiger partial charge in [-0.1, -0.05) is 45.4 Å². The van der Waals surface area contributed by atoms with Crippen LogP contribution in [-0.2, 0) is 28.1 Å². The first-order chi connectivity index (χ1) is 16.7. The van der Waals surface area contributed by atoms with Crippen molar-refractivity contribution in [3.05, 3.63) is 34.9 Å². The van der Waals surface area contributed by atoms with Crippen LogP contribution in [0.2, 0.25) is 23.2 Å². The Labute approximate surface area is 218 Å². The number of rotatable bonds is 4. The van der Waals surface area contributed by atoms with Crippen molar-refractivity contribution in [2.24, 2.45) is 5.41 Å². The molecule has 1 aromatic carbocycles. The number of aliphatic hydroxyl groups is 1. The van der Waals surface area contributed by atoms with Gasteiger partial charge < -0.3 is 33.2 Å². The van der Waals surface area contributed by atoms with Crippen molar-refractivity contribution in [3.8, 4) is 0 Å². The minimum Gasteiger partial charge on any atom is -0.429 e. The maximum Gasteiger partial charge on any atom is 0.340 e. The molecule has 1 saturated carbocycles. The standard InChI is InChI=1S/C26H37ClO8Si/c1-23(2,3)36(5,6)35-18-10-11-25(30-12-13-31-25)24(4)15-19-32-22(20(28)26(18,24)34-19)33-21(29)16-8-7-9-17(27)14-16/h7-9,14,18-20,22,28H,10-13,15H2,1-6H3/t18-,19-,20-,22-,24-,26-/m1/s1. The number of halogens is 1. The highest BCUT2D eigenvalue weighted by Gasteiger charge is 2.80. The van der Waals surface area contributed by atoms with E-state index in [1.165, 1.54) is 6.07 Å². The number of carbonyl (C=O) groups excluding carboxylic acids is 1. The topological polar surface area (TPSA) is 92.7 Å². The van der Waals surface area contributed by atoms with Crippen LogP contribution in [0, 0.1) is 5.41 Å². The predicted molar refractivity (Wildman–Crippen MR) is 134 cm³/mol. The predicted octanol–water partition coefficient (Wildman–Crippen LogP) is 4.63. The van der Waals surface area contributed by atoms with Gasteiger partial charge in [-0.05, 0) is 42.8 Å². The maximum atomic E-state index is 13.0. The van der Waals surface area contributed by atoms with Crippen molar-refractivity contribution in [1.82, 2.24) is 0 Å². The van der Waals surface area contributed by atoms with Crippen molar-refractivity contribution < 1.29 is 38.0 Å². The lowest BCUT2D eigenvalue weighted by molar-refractivity contribution is -0.389. The summed E-state index contributed by atoms with van der Waals surface area (Å²) in [5, 5.41) is 12.3. The zero-order chi connectivity index (χ0) is 26.1. The van der Waals surface area contributed by atoms with Crippen LogP contribution in [0.1, 0.15) is 57.3 Å². The molecule has 2 bridgehead atoms. The van der Waals surface area contributed by atoms with E-state index in [1.54, 1.807) is 18.2 Å². The molecule has 0 amide bonds. The average molecular weight is 541 g/mol. The largest absolute Gasteiger partial charge is 0.429 e. The fourth-order valence-electron chi connectivity index (χ4n) is 6.14. The third-order valence-corrected chi connectivity index (χ3v) is 13.8. The van der Waals surface area contributed by atoms with Crippen LogP contribution >= 0.6 is 11.6 Å². The van der Waals surface area contributed by atoms with Gasteiger partial charge in [-0.2, -0.15) is 0 Å². The minimum absolute atomic E-state index is 0.0535. The number of carbonyl (C=O) groups is 1. The normalized spacial score (nSPS) is 37.7. The van der Waals surface area contributed by atoms with Crippen LogP contribution in [0.25, 0.3) is 0 Å². The lowest BCUT2D eigenvalue weighted by atomic mass is 9.57. The SMILES string of the molecule is CC(C)(C)[Si](C)(C)O[C@@H]1CCC2(OCCO2)[C@@]2(C)C[C@@H]3O[C@H](OC(=O)c4cccc(Cl)c4)[C@@H](O)[C@]12O3. The molecular formula is C26H37ClO8Si. The Morgan fingerprint density at radius 3 is 2.56 bits per heavy atom. The van der Waals surface area contributed by atoms with Crippen molar-refractivity contribution >= 4 is 25.9 Å². The molecule has 4 aliphatic rings. The summed E-state index contributed by atoms with van der Waals surface area (Å²) in [7, 11) is -2.28. The number of esters is 1. The number of ether oxygens (including phenoxy) is 5. The van der Waals surface area contributed by atoms with Crippen LogP contribution in [0.15, 0.2) is 24.3 Å². The van der Waals surface area contributed by atoms with Crippen LogP contribution in [-0.4, -0.2) is 68.8 Å². The summed E-state index contributed by atoms with van der Waals surface area (Å²) in [6.07, 6.45) is -2.17. The molecule has 200 valence electrons. The Balaban J connectivity index is 1.53. The highest BCUT2D eigenvalue weighted by Crippen LogP contribution is 2.66. The Morgan fingerprint density at radius 1 is 1.22 bits per heavy atom. The van der Waals surface area contributed by atoms with Crippen molar-refractivity contribution in [3.63, 3.8) is 0 Å². The molecule has 36 heavy (non-hydrogen) atoms. The summed E-state index contributed by atoms with van der Waals surface area (Å²) in [5.41, 5.74) is -1.79. The van der Waals surface area contributed by atoms with Gasteiger partial charge in [0.25, 0.3) is 0 Å². The van der Waals surface area contributed by atoms with Gasteiger partial charge in [-0.15, -0.1) is 0 Å². The van der Waals surface area contributed by atoms with E-state index >= 15 is 0 Å². The maximum absolute atomic E-state index is 13.0. The highest BCUT2D eigenvalue weighted by atomic mass is 35.5. The first-order valence-electron chi connectivity index (χ1n) is 12.7. The Bertz CT molecular complexity index is 1020. The van der Waals surface area contributed by atoms with E-state index in [0.717, 1.165) is 0 Å². The zero-order valence-corrected chi connectivity index (χ0v) is 23.6. The number of hydrogen-bond acceptors (Lipinski definition) is 8. The van der Waals surface area contributed by atoms with E-state index in [0.29, 0.717) is 37.5 Å². The Kier molecular flexibility index (Phi) is 6.45. The molecule has 0 aromatic heterocycles. The van der Waals surface area contributed by atoms with E-state index in [4.69, 9.17) is 39.7 Å². The van der Waals surface area contributed by atoms with Gasteiger partial charge in [-0.3, -0.25) is 0 Å². The molecule has 8 nitrogen and oxygen atoms in total. The Hall–Kier alpha value is -1.04. The van der Waals surface area contributed by atoms with E-state index in [9.17, 15) is 9.90 Å². The van der Waals surface area contributed by atoms with Crippen LogP contribution < -0.4 is 0 Å². The van der Waals surface area contributed by atoms with E-state index in [2.05, 4.69) is 33.9 Å². The number of hydrogen-bond donors (Lipinski definition) is 1. The van der Waals surface area contributed by atoms with E-state index < -0.39 is 55.9 Å². The fourth-order valence-corrected chi connectivity index (χ4v) is 7.69. The van der Waals surface area contributed by atoms with E-state index in [-0.39, 0.29) is 10.6 Å². The van der Waals surface area contributed by atoms with Gasteiger partial charge in [0.1, 0.15) is 11.7 Å². The minimum atomic E-state index is -2.28. The average Bonchev–Trinajstić information content (AvgIpc) is 3.37. The molecule has 2 spiro atoms. The molecule has 1 N–H and O–H groups in total. The molecule has 10 heteroatoms. The summed E-state index contributed by atoms with van der Waals surface area (Å²) < 4.78 is 37.8. The lowest BCUT2D eigenvalue weighted by Gasteiger charge is -2.61. The molecule has 3 heterocycles. The highest BCUT2D eigenvalue weighted by molar-refractivity contribution is 6.74. The Morgan fingerprint density at radius 2 is 1.92 bits per heavy atom. The molecule has 1 aromatic rings. The molecule has 6 atom stereocenters. The zero-order valence-electron chi connectivity index (χ0n) is 21.8. The number of benzene rings is 1. The molecule has 0 radical (unpaired) electrons. The first-order valence-corrected chi connectivity index (χ1v) is 16.0. The molecule has 4 fully saturated rings. The smallest absolute Gasteiger partial charge is 0.340 e. The third-order valence-electron chi connectivity index (χ3n) is 9.08. The van der Waals surface area contributed by atoms with Gasteiger partial charge in [0.15, 0.2) is 20.4 Å². The van der Waals surface area contributed by atoms with Crippen LogP contribution in [0.3, 0.4) is 0 Å². The second-order valence-corrected chi connectivity index (χ2v) is 17.3. The second-order valence-electron chi connectivity index (χ2n) is 12.1. The van der Waals surface area contributed by atoms with Gasteiger partial charge in [0.2, 0.25) is 6.29 Å². The quantitative estimate of drug-likeness (QED) is 0.436. The molecule has 5 rings (SSSR count). The van der Waals surface area contributed by atoms with E-state index in [1.807, 2.05) is 6.92 Å². The third kappa shape index (κ3) is 3.81. The second kappa shape index (κ2) is 8.74. The van der Waals surface area contributed by atoms with Crippen LogP contribution in [0.4, 0.5) is 0 Å². The van der Waals surface area contributed by atoms with Crippen LogP contribution in [0.5, 0.6) is 0 Å². The van der Waals surface area contributed by atoms with Gasteiger partial charge in [-0.25, -0.2) is 4.79 Å². The van der Waals surface area contributed by atoms with Crippen molar-refractivity contribution in [2.45, 2.75) is 101 Å². The molecular weight excluding hydrogens is 504 g/mol. The fraction of sp³-hybridized carbons (Fsp3) is 0.731. The summed E-state index contributed by atoms with van der Waals surface area (Å²) in [5.74, 6) is -1.58. The van der Waals surface area contributed by atoms with Gasteiger partial charge in [0, 0.05) is 17.9 Å². The first kappa shape index (κ1) is 26.6. The molecule has 3 aliphatic heterocycles. The number of fused-ring (bicyclic) bond motifs is 2. The molecule has 3 saturated heterocycles. The lowest BCUT2D eigenvalue weighted by Crippen LogP contribution is -2.75. The summed E-state index contributed by atoms with van der Waals surface area (Å²) in [6, 6.07) is 6.47. The van der Waals surface area contributed by atoms with Gasteiger partial charge >= 0.3 is 5.97 Å². The monoisotopic (exact) mass is 540 g/mol.